The summed E-state index contributed by atoms with van der Waals surface area (Å²) in [4.78, 5) is 20.7. The van der Waals surface area contributed by atoms with E-state index in [0.717, 1.165) is 0 Å². The van der Waals surface area contributed by atoms with Crippen LogP contribution in [0.4, 0.5) is 13.6 Å². The summed E-state index contributed by atoms with van der Waals surface area (Å²) < 4.78 is 25.5. The number of carboxylic acids is 1. The Morgan fingerprint density at radius 1 is 1.31 bits per heavy atom. The molecule has 13 heavy (non-hydrogen) atoms. The van der Waals surface area contributed by atoms with E-state index in [1.165, 1.54) is 0 Å². The van der Waals surface area contributed by atoms with E-state index >= 15 is 0 Å². The summed E-state index contributed by atoms with van der Waals surface area (Å²) in [5.74, 6) is -3.13. The number of likely N-dealkylation sites (tertiary alicyclic amines) is 1. The van der Waals surface area contributed by atoms with Crippen LogP contribution in [0.15, 0.2) is 0 Å². The van der Waals surface area contributed by atoms with Crippen LogP contribution in [-0.2, 0) is 4.79 Å². The van der Waals surface area contributed by atoms with Crippen molar-refractivity contribution in [1.82, 2.24) is 4.90 Å². The van der Waals surface area contributed by atoms with Gasteiger partial charge in [0.25, 0.3) is 0 Å². The first-order chi connectivity index (χ1) is 5.95. The molecule has 1 heterocycles. The molecule has 5 nitrogen and oxygen atoms in total. The van der Waals surface area contributed by atoms with Gasteiger partial charge in [-0.15, -0.1) is 0 Å². The molecular weight excluding hydrogens is 188 g/mol. The Hall–Kier alpha value is -1.40. The topological polar surface area (TPSA) is 77.8 Å². The molecule has 0 aromatic heterocycles. The number of amides is 1. The fourth-order valence-corrected chi connectivity index (χ4v) is 1.17. The molecule has 3 unspecified atom stereocenters. The van der Waals surface area contributed by atoms with Gasteiger partial charge in [0.2, 0.25) is 6.30 Å². The minimum atomic E-state index is -2.38. The van der Waals surface area contributed by atoms with Gasteiger partial charge in [-0.1, -0.05) is 0 Å². The molecule has 0 bridgehead atoms. The van der Waals surface area contributed by atoms with Crippen molar-refractivity contribution in [3.63, 3.8) is 0 Å². The van der Waals surface area contributed by atoms with Crippen molar-refractivity contribution in [2.75, 3.05) is 6.54 Å². The summed E-state index contributed by atoms with van der Waals surface area (Å²) in [6, 6.07) is 0. The fraction of sp³-hybridized carbons (Fsp3) is 0.667. The van der Waals surface area contributed by atoms with Gasteiger partial charge in [-0.2, -0.15) is 0 Å². The molecule has 74 valence electrons. The Balaban J connectivity index is 2.78. The highest BCUT2D eigenvalue weighted by Gasteiger charge is 2.48. The third-order valence-corrected chi connectivity index (χ3v) is 1.90. The van der Waals surface area contributed by atoms with Gasteiger partial charge in [-0.25, -0.2) is 13.6 Å². The third-order valence-electron chi connectivity index (χ3n) is 1.90. The molecule has 2 N–H and O–H groups in total. The summed E-state index contributed by atoms with van der Waals surface area (Å²) in [7, 11) is 0. The summed E-state index contributed by atoms with van der Waals surface area (Å²) in [5.41, 5.74) is 0. The van der Waals surface area contributed by atoms with Gasteiger partial charge in [0, 0.05) is 6.54 Å². The number of carboxylic acid groups (broad SMARTS) is 2. The molecule has 0 radical (unpaired) electrons. The quantitative estimate of drug-likeness (QED) is 0.590. The maximum absolute atomic E-state index is 12.8. The second-order valence-corrected chi connectivity index (χ2v) is 2.70. The maximum atomic E-state index is 12.8. The van der Waals surface area contributed by atoms with Gasteiger partial charge in [-0.05, 0) is 0 Å². The van der Waals surface area contributed by atoms with Crippen LogP contribution in [0.2, 0.25) is 0 Å². The van der Waals surface area contributed by atoms with E-state index in [2.05, 4.69) is 0 Å². The van der Waals surface area contributed by atoms with Crippen LogP contribution in [0.25, 0.3) is 0 Å². The molecule has 0 aromatic carbocycles. The molecule has 1 saturated heterocycles. The number of carbonyl (C=O) groups is 2. The molecular formula is C6H7F2NO4. The van der Waals surface area contributed by atoms with E-state index in [1.807, 2.05) is 0 Å². The summed E-state index contributed by atoms with van der Waals surface area (Å²) >= 11 is 0. The first-order valence-corrected chi connectivity index (χ1v) is 3.45. The first kappa shape index (κ1) is 9.69. The van der Waals surface area contributed by atoms with Crippen molar-refractivity contribution >= 4 is 12.1 Å². The molecule has 1 aliphatic rings. The Morgan fingerprint density at radius 2 is 1.85 bits per heavy atom. The van der Waals surface area contributed by atoms with Gasteiger partial charge in [-0.3, -0.25) is 9.69 Å². The lowest BCUT2D eigenvalue weighted by molar-refractivity contribution is -0.143. The van der Waals surface area contributed by atoms with E-state index in [1.54, 1.807) is 0 Å². The van der Waals surface area contributed by atoms with Crippen molar-refractivity contribution in [2.45, 2.75) is 12.5 Å². The number of halogens is 2. The second kappa shape index (κ2) is 3.15. The van der Waals surface area contributed by atoms with E-state index in [4.69, 9.17) is 10.2 Å². The zero-order valence-electron chi connectivity index (χ0n) is 6.35. The maximum Gasteiger partial charge on any atom is 0.409 e. The smallest absolute Gasteiger partial charge is 0.409 e. The monoisotopic (exact) mass is 195 g/mol. The molecule has 7 heteroatoms. The number of aliphatic carboxylic acids is 1. The molecule has 0 spiro atoms. The predicted octanol–water partition coefficient (Wildman–Crippen LogP) is 0.315. The Labute approximate surface area is 71.6 Å². The van der Waals surface area contributed by atoms with E-state index < -0.39 is 37.0 Å². The highest BCUT2D eigenvalue weighted by molar-refractivity contribution is 5.74. The summed E-state index contributed by atoms with van der Waals surface area (Å²) in [5, 5.41) is 16.7. The van der Waals surface area contributed by atoms with E-state index in [0.29, 0.717) is 0 Å². The summed E-state index contributed by atoms with van der Waals surface area (Å²) in [6.07, 6.45) is -6.31. The van der Waals surface area contributed by atoms with Crippen LogP contribution in [0.3, 0.4) is 0 Å². The first-order valence-electron chi connectivity index (χ1n) is 3.45. The van der Waals surface area contributed by atoms with Crippen LogP contribution < -0.4 is 0 Å². The molecule has 0 saturated carbocycles. The van der Waals surface area contributed by atoms with Crippen molar-refractivity contribution in [3.8, 4) is 0 Å². The number of nitrogens with zero attached hydrogens (tertiary/aromatic N) is 1. The summed E-state index contributed by atoms with van der Waals surface area (Å²) in [6.45, 7) is -0.646. The molecule has 3 atom stereocenters. The SMILES string of the molecule is O=C(O)C1CN(C(=O)O)C(F)C1F. The lowest BCUT2D eigenvalue weighted by Crippen LogP contribution is -2.34. The Kier molecular flexibility index (Phi) is 2.35. The van der Waals surface area contributed by atoms with Gasteiger partial charge >= 0.3 is 12.1 Å². The van der Waals surface area contributed by atoms with Crippen molar-refractivity contribution < 1.29 is 28.6 Å². The molecule has 0 aliphatic carbocycles. The molecule has 1 rings (SSSR count). The normalized spacial score (nSPS) is 33.4. The second-order valence-electron chi connectivity index (χ2n) is 2.70. The predicted molar refractivity (Wildman–Crippen MR) is 35.6 cm³/mol. The third kappa shape index (κ3) is 1.53. The zero-order chi connectivity index (χ0) is 10.2. The number of hydrogen-bond donors (Lipinski definition) is 2. The Morgan fingerprint density at radius 3 is 2.08 bits per heavy atom. The molecule has 0 aromatic rings. The van der Waals surface area contributed by atoms with E-state index in [-0.39, 0.29) is 4.90 Å². The largest absolute Gasteiger partial charge is 0.481 e. The van der Waals surface area contributed by atoms with E-state index in [9.17, 15) is 18.4 Å². The number of alkyl halides is 2. The van der Waals surface area contributed by atoms with Crippen LogP contribution in [-0.4, -0.2) is 46.2 Å². The molecule has 1 aliphatic heterocycles. The van der Waals surface area contributed by atoms with Gasteiger partial charge in [0.1, 0.15) is 5.92 Å². The van der Waals surface area contributed by atoms with Crippen molar-refractivity contribution in [1.29, 1.82) is 0 Å². The van der Waals surface area contributed by atoms with Crippen molar-refractivity contribution in [3.05, 3.63) is 0 Å². The highest BCUT2D eigenvalue weighted by Crippen LogP contribution is 2.27. The molecule has 1 amide bonds. The Bertz CT molecular complexity index is 223. The minimum Gasteiger partial charge on any atom is -0.481 e. The number of hydrogen-bond acceptors (Lipinski definition) is 2. The average Bonchev–Trinajstić information content (AvgIpc) is 2.29. The molecule has 1 fully saturated rings. The standard InChI is InChI=1S/C6H7F2NO4/c7-3-2(5(10)11)1-9(4(3)8)6(12)13/h2-4H,1H2,(H,10,11)(H,12,13). The van der Waals surface area contributed by atoms with Crippen LogP contribution in [0.5, 0.6) is 0 Å². The zero-order valence-corrected chi connectivity index (χ0v) is 6.35. The van der Waals surface area contributed by atoms with Crippen LogP contribution >= 0.6 is 0 Å². The highest BCUT2D eigenvalue weighted by atomic mass is 19.2. The van der Waals surface area contributed by atoms with Crippen LogP contribution in [0.1, 0.15) is 0 Å². The van der Waals surface area contributed by atoms with Gasteiger partial charge in [0.15, 0.2) is 6.17 Å². The average molecular weight is 195 g/mol. The lowest BCUT2D eigenvalue weighted by Gasteiger charge is -2.13. The fourth-order valence-electron chi connectivity index (χ4n) is 1.17. The number of rotatable bonds is 1. The van der Waals surface area contributed by atoms with Crippen molar-refractivity contribution in [2.24, 2.45) is 5.92 Å². The van der Waals surface area contributed by atoms with Gasteiger partial charge in [0.05, 0.1) is 0 Å². The van der Waals surface area contributed by atoms with Gasteiger partial charge < -0.3 is 10.2 Å². The van der Waals surface area contributed by atoms with Crippen LogP contribution in [0, 0.1) is 5.92 Å². The minimum absolute atomic E-state index is 0.142. The lowest BCUT2D eigenvalue weighted by atomic mass is 10.1.